The van der Waals surface area contributed by atoms with Gasteiger partial charge in [0.2, 0.25) is 0 Å². The highest BCUT2D eigenvalue weighted by Crippen LogP contribution is 2.64. The minimum Gasteiger partial charge on any atom is -0.309 e. The van der Waals surface area contributed by atoms with Crippen LogP contribution >= 0.6 is 0 Å². The van der Waals surface area contributed by atoms with Crippen molar-refractivity contribution in [3.8, 4) is 44.5 Å². The summed E-state index contributed by atoms with van der Waals surface area (Å²) in [6.07, 6.45) is 0. The van der Waals surface area contributed by atoms with Gasteiger partial charge in [-0.05, 0) is 129 Å². The Morgan fingerprint density at radius 1 is 0.242 bits per heavy atom. The smallest absolute Gasteiger partial charge is 0.0726 e. The molecule has 0 bridgehead atoms. The molecule has 0 N–H and O–H groups in total. The minimum absolute atomic E-state index is 0.520. The molecular formula is C65H41N. The van der Waals surface area contributed by atoms with Gasteiger partial charge in [-0.3, -0.25) is 0 Å². The van der Waals surface area contributed by atoms with Crippen molar-refractivity contribution in [2.24, 2.45) is 0 Å². The predicted molar refractivity (Wildman–Crippen MR) is 278 cm³/mol. The molecule has 0 aromatic heterocycles. The Kier molecular flexibility index (Phi) is 7.97. The predicted octanol–water partition coefficient (Wildman–Crippen LogP) is 17.4. The van der Waals surface area contributed by atoms with Crippen LogP contribution in [-0.4, -0.2) is 0 Å². The second-order valence-corrected chi connectivity index (χ2v) is 17.9. The van der Waals surface area contributed by atoms with E-state index in [2.05, 4.69) is 254 Å². The summed E-state index contributed by atoms with van der Waals surface area (Å²) in [5, 5.41) is 9.99. The van der Waals surface area contributed by atoms with Crippen LogP contribution in [0.4, 0.5) is 17.1 Å². The molecule has 0 unspecified atom stereocenters. The third-order valence-electron chi connectivity index (χ3n) is 14.6. The number of fused-ring (bicyclic) bond motifs is 17. The molecule has 0 amide bonds. The third kappa shape index (κ3) is 5.11. The number of nitrogens with zero attached hydrogens (tertiary/aromatic N) is 1. The summed E-state index contributed by atoms with van der Waals surface area (Å²) >= 11 is 0. The van der Waals surface area contributed by atoms with E-state index in [9.17, 15) is 0 Å². The van der Waals surface area contributed by atoms with E-state index in [1.54, 1.807) is 0 Å². The number of anilines is 3. The average molecular weight is 836 g/mol. The van der Waals surface area contributed by atoms with Crippen molar-refractivity contribution in [1.29, 1.82) is 0 Å². The Hall–Kier alpha value is -8.52. The molecule has 0 saturated heterocycles. The molecule has 2 aliphatic carbocycles. The van der Waals surface area contributed by atoms with Gasteiger partial charge in [-0.25, -0.2) is 0 Å². The van der Waals surface area contributed by atoms with Crippen LogP contribution in [0, 0.1) is 0 Å². The SMILES string of the molecule is c1ccc(-c2ccccc2N(c2ccc3c4ccccc4c4ccccc4c3c2)c2cc3c(cc2-c2cccc4ccccc24)-c2ccccc2C32c3ccccc3-c3ccccc32)cc1. The van der Waals surface area contributed by atoms with E-state index in [0.717, 1.165) is 17.1 Å². The molecule has 0 radical (unpaired) electrons. The zero-order valence-electron chi connectivity index (χ0n) is 36.1. The highest BCUT2D eigenvalue weighted by molar-refractivity contribution is 6.26. The van der Waals surface area contributed by atoms with Crippen molar-refractivity contribution in [2.75, 3.05) is 4.90 Å². The summed E-state index contributed by atoms with van der Waals surface area (Å²) in [6.45, 7) is 0. The molecule has 66 heavy (non-hydrogen) atoms. The fourth-order valence-corrected chi connectivity index (χ4v) is 12.0. The Morgan fingerprint density at radius 3 is 1.36 bits per heavy atom. The van der Waals surface area contributed by atoms with E-state index in [4.69, 9.17) is 0 Å². The van der Waals surface area contributed by atoms with E-state index in [1.165, 1.54) is 110 Å². The number of benzene rings is 12. The second-order valence-electron chi connectivity index (χ2n) is 17.9. The van der Waals surface area contributed by atoms with Crippen molar-refractivity contribution >= 4 is 60.2 Å². The van der Waals surface area contributed by atoms with E-state index >= 15 is 0 Å². The van der Waals surface area contributed by atoms with Crippen LogP contribution in [0.5, 0.6) is 0 Å². The molecule has 12 aromatic rings. The first-order valence-corrected chi connectivity index (χ1v) is 23.0. The molecule has 1 heteroatoms. The first-order chi connectivity index (χ1) is 32.8. The zero-order valence-corrected chi connectivity index (χ0v) is 36.1. The van der Waals surface area contributed by atoms with Crippen LogP contribution < -0.4 is 4.90 Å². The van der Waals surface area contributed by atoms with E-state index in [1.807, 2.05) is 0 Å². The molecule has 1 spiro atoms. The minimum atomic E-state index is -0.520. The fourth-order valence-electron chi connectivity index (χ4n) is 12.0. The van der Waals surface area contributed by atoms with Gasteiger partial charge in [0.1, 0.15) is 0 Å². The molecule has 0 saturated carbocycles. The Labute approximate surface area is 384 Å². The number of hydrogen-bond donors (Lipinski definition) is 0. The van der Waals surface area contributed by atoms with Crippen LogP contribution in [0.2, 0.25) is 0 Å². The largest absolute Gasteiger partial charge is 0.309 e. The monoisotopic (exact) mass is 835 g/mol. The zero-order chi connectivity index (χ0) is 43.3. The number of rotatable bonds is 5. The van der Waals surface area contributed by atoms with Crippen molar-refractivity contribution in [3.05, 3.63) is 271 Å². The van der Waals surface area contributed by atoms with E-state index in [0.29, 0.717) is 0 Å². The summed E-state index contributed by atoms with van der Waals surface area (Å²) in [5.41, 5.74) is 18.0. The van der Waals surface area contributed by atoms with Gasteiger partial charge in [-0.1, -0.05) is 218 Å². The summed E-state index contributed by atoms with van der Waals surface area (Å²) in [4.78, 5) is 2.58. The molecule has 14 rings (SSSR count). The van der Waals surface area contributed by atoms with Crippen LogP contribution in [0.15, 0.2) is 249 Å². The number of para-hydroxylation sites is 1. The lowest BCUT2D eigenvalue weighted by atomic mass is 9.70. The standard InChI is InChI=1S/C65H41N/c1-2-19-43(20-3-1)46-24-13-17-36-63(46)66(44-37-38-52-50-27-7-6-25-48(50)49-26-8-9-28-51(49)56(52)39-44)64-41-62-57(40-58(64)47-32-18-22-42-21-4-5-23-45(42)47)55-31-12-16-35-61(55)65(62)59-33-14-10-29-53(59)54-30-11-15-34-60(54)65/h1-41H. The fraction of sp³-hybridized carbons (Fsp3) is 0.0154. The lowest BCUT2D eigenvalue weighted by molar-refractivity contribution is 0.794. The van der Waals surface area contributed by atoms with Crippen molar-refractivity contribution in [2.45, 2.75) is 5.41 Å². The molecule has 2 aliphatic rings. The van der Waals surface area contributed by atoms with Crippen LogP contribution in [0.25, 0.3) is 87.6 Å². The Bertz CT molecular complexity index is 3870. The van der Waals surface area contributed by atoms with Crippen LogP contribution in [-0.2, 0) is 5.41 Å². The quantitative estimate of drug-likeness (QED) is 0.156. The highest BCUT2D eigenvalue weighted by Gasteiger charge is 2.52. The lowest BCUT2D eigenvalue weighted by Crippen LogP contribution is -2.26. The highest BCUT2D eigenvalue weighted by atomic mass is 15.1. The lowest BCUT2D eigenvalue weighted by Gasteiger charge is -2.34. The summed E-state index contributed by atoms with van der Waals surface area (Å²) in [7, 11) is 0. The summed E-state index contributed by atoms with van der Waals surface area (Å²) in [5.74, 6) is 0. The van der Waals surface area contributed by atoms with Crippen LogP contribution in [0.3, 0.4) is 0 Å². The molecule has 0 fully saturated rings. The maximum atomic E-state index is 2.58. The first kappa shape index (κ1) is 36.9. The number of hydrogen-bond acceptors (Lipinski definition) is 1. The second kappa shape index (κ2) is 14.2. The molecule has 306 valence electrons. The van der Waals surface area contributed by atoms with Crippen molar-refractivity contribution in [1.82, 2.24) is 0 Å². The van der Waals surface area contributed by atoms with Gasteiger partial charge in [-0.2, -0.15) is 0 Å². The van der Waals surface area contributed by atoms with Crippen LogP contribution in [0.1, 0.15) is 22.3 Å². The van der Waals surface area contributed by atoms with Gasteiger partial charge in [0.05, 0.1) is 16.8 Å². The van der Waals surface area contributed by atoms with Crippen molar-refractivity contribution < 1.29 is 0 Å². The maximum absolute atomic E-state index is 2.58. The molecular weight excluding hydrogens is 795 g/mol. The Morgan fingerprint density at radius 2 is 0.712 bits per heavy atom. The van der Waals surface area contributed by atoms with Gasteiger partial charge >= 0.3 is 0 Å². The van der Waals surface area contributed by atoms with Gasteiger partial charge in [-0.15, -0.1) is 0 Å². The van der Waals surface area contributed by atoms with Gasteiger partial charge in [0, 0.05) is 16.8 Å². The first-order valence-electron chi connectivity index (χ1n) is 23.0. The van der Waals surface area contributed by atoms with E-state index < -0.39 is 5.41 Å². The topological polar surface area (TPSA) is 3.24 Å². The van der Waals surface area contributed by atoms with E-state index in [-0.39, 0.29) is 0 Å². The Balaban J connectivity index is 1.16. The maximum Gasteiger partial charge on any atom is 0.0726 e. The molecule has 1 nitrogen and oxygen atoms in total. The average Bonchev–Trinajstić information content (AvgIpc) is 3.86. The summed E-state index contributed by atoms with van der Waals surface area (Å²) in [6, 6.07) is 93.0. The summed E-state index contributed by atoms with van der Waals surface area (Å²) < 4.78 is 0. The molecule has 0 aliphatic heterocycles. The molecule has 12 aromatic carbocycles. The molecule has 0 atom stereocenters. The van der Waals surface area contributed by atoms with Crippen molar-refractivity contribution in [3.63, 3.8) is 0 Å². The third-order valence-corrected chi connectivity index (χ3v) is 14.6. The normalized spacial score (nSPS) is 13.0. The van der Waals surface area contributed by atoms with Gasteiger partial charge < -0.3 is 4.90 Å². The van der Waals surface area contributed by atoms with Gasteiger partial charge in [0.25, 0.3) is 0 Å². The van der Waals surface area contributed by atoms with Gasteiger partial charge in [0.15, 0.2) is 0 Å². The molecule has 0 heterocycles.